The SMILES string of the molecule is Cc1cccc2nc(CNc3ccc([N+](=O)[O-])cc3Cl)cn12. The van der Waals surface area contributed by atoms with Gasteiger partial charge in [0, 0.05) is 24.0 Å². The van der Waals surface area contributed by atoms with Gasteiger partial charge in [-0.2, -0.15) is 0 Å². The Balaban J connectivity index is 1.79. The Morgan fingerprint density at radius 3 is 2.86 bits per heavy atom. The van der Waals surface area contributed by atoms with Crippen molar-refractivity contribution in [2.24, 2.45) is 0 Å². The van der Waals surface area contributed by atoms with Gasteiger partial charge in [0.15, 0.2) is 0 Å². The van der Waals surface area contributed by atoms with Gasteiger partial charge in [-0.15, -0.1) is 0 Å². The number of hydrogen-bond donors (Lipinski definition) is 1. The molecule has 22 heavy (non-hydrogen) atoms. The number of aromatic nitrogens is 2. The van der Waals surface area contributed by atoms with Gasteiger partial charge in [-0.25, -0.2) is 4.98 Å². The van der Waals surface area contributed by atoms with E-state index in [1.165, 1.54) is 12.1 Å². The highest BCUT2D eigenvalue weighted by molar-refractivity contribution is 6.33. The van der Waals surface area contributed by atoms with E-state index < -0.39 is 4.92 Å². The number of hydrogen-bond acceptors (Lipinski definition) is 4. The number of pyridine rings is 1. The van der Waals surface area contributed by atoms with E-state index in [1.807, 2.05) is 35.7 Å². The maximum absolute atomic E-state index is 10.7. The number of aryl methyl sites for hydroxylation is 1. The van der Waals surface area contributed by atoms with Crippen molar-refractivity contribution in [3.63, 3.8) is 0 Å². The summed E-state index contributed by atoms with van der Waals surface area (Å²) in [5.74, 6) is 0. The first-order chi connectivity index (χ1) is 10.5. The van der Waals surface area contributed by atoms with Gasteiger partial charge < -0.3 is 9.72 Å². The van der Waals surface area contributed by atoms with Gasteiger partial charge in [0.1, 0.15) is 5.65 Å². The number of imidazole rings is 1. The van der Waals surface area contributed by atoms with Gasteiger partial charge in [-0.05, 0) is 25.1 Å². The number of rotatable bonds is 4. The monoisotopic (exact) mass is 316 g/mol. The molecule has 112 valence electrons. The van der Waals surface area contributed by atoms with E-state index in [1.54, 1.807) is 6.07 Å². The van der Waals surface area contributed by atoms with Crippen LogP contribution in [-0.2, 0) is 6.54 Å². The molecule has 0 unspecified atom stereocenters. The average Bonchev–Trinajstić information content (AvgIpc) is 2.90. The fourth-order valence-electron chi connectivity index (χ4n) is 2.23. The zero-order chi connectivity index (χ0) is 15.7. The summed E-state index contributed by atoms with van der Waals surface area (Å²) in [4.78, 5) is 14.7. The lowest BCUT2D eigenvalue weighted by atomic mass is 10.3. The lowest BCUT2D eigenvalue weighted by Crippen LogP contribution is -2.00. The van der Waals surface area contributed by atoms with Crippen LogP contribution >= 0.6 is 11.6 Å². The summed E-state index contributed by atoms with van der Waals surface area (Å²) in [5.41, 5.74) is 3.46. The van der Waals surface area contributed by atoms with Gasteiger partial charge in [0.25, 0.3) is 5.69 Å². The van der Waals surface area contributed by atoms with E-state index in [9.17, 15) is 10.1 Å². The van der Waals surface area contributed by atoms with E-state index >= 15 is 0 Å². The molecule has 7 heteroatoms. The summed E-state index contributed by atoms with van der Waals surface area (Å²) in [6, 6.07) is 10.3. The van der Waals surface area contributed by atoms with Crippen LogP contribution in [0.3, 0.4) is 0 Å². The standard InChI is InChI=1S/C15H13ClN4O2/c1-10-3-2-4-15-18-11(9-19(10)15)8-17-14-6-5-12(20(21)22)7-13(14)16/h2-7,9,17H,8H2,1H3. The van der Waals surface area contributed by atoms with E-state index in [0.717, 1.165) is 17.0 Å². The predicted octanol–water partition coefficient (Wildman–Crippen LogP) is 3.82. The zero-order valence-corrected chi connectivity index (χ0v) is 12.5. The molecular weight excluding hydrogens is 304 g/mol. The lowest BCUT2D eigenvalue weighted by molar-refractivity contribution is -0.384. The van der Waals surface area contributed by atoms with Gasteiger partial charge in [0.05, 0.1) is 27.9 Å². The number of anilines is 1. The molecule has 0 atom stereocenters. The number of nitro benzene ring substituents is 1. The average molecular weight is 317 g/mol. The Morgan fingerprint density at radius 1 is 1.36 bits per heavy atom. The zero-order valence-electron chi connectivity index (χ0n) is 11.8. The van der Waals surface area contributed by atoms with Crippen LogP contribution in [0.15, 0.2) is 42.6 Å². The second kappa shape index (κ2) is 5.65. The van der Waals surface area contributed by atoms with E-state index in [-0.39, 0.29) is 5.69 Å². The van der Waals surface area contributed by atoms with Crippen LogP contribution in [-0.4, -0.2) is 14.3 Å². The van der Waals surface area contributed by atoms with Gasteiger partial charge in [-0.3, -0.25) is 10.1 Å². The van der Waals surface area contributed by atoms with Gasteiger partial charge in [0.2, 0.25) is 0 Å². The van der Waals surface area contributed by atoms with Crippen molar-refractivity contribution < 1.29 is 4.92 Å². The summed E-state index contributed by atoms with van der Waals surface area (Å²) in [5, 5.41) is 14.1. The molecular formula is C15H13ClN4O2. The third-order valence-electron chi connectivity index (χ3n) is 3.37. The molecule has 0 radical (unpaired) electrons. The molecule has 3 aromatic rings. The Hall–Kier alpha value is -2.60. The quantitative estimate of drug-likeness (QED) is 0.586. The van der Waals surface area contributed by atoms with E-state index in [2.05, 4.69) is 10.3 Å². The van der Waals surface area contributed by atoms with Crippen molar-refractivity contribution in [1.29, 1.82) is 0 Å². The van der Waals surface area contributed by atoms with Crippen molar-refractivity contribution in [1.82, 2.24) is 9.38 Å². The summed E-state index contributed by atoms with van der Waals surface area (Å²) < 4.78 is 2.01. The number of fused-ring (bicyclic) bond motifs is 1. The van der Waals surface area contributed by atoms with Crippen LogP contribution in [0.4, 0.5) is 11.4 Å². The molecule has 0 amide bonds. The third-order valence-corrected chi connectivity index (χ3v) is 3.68. The first kappa shape index (κ1) is 14.3. The van der Waals surface area contributed by atoms with E-state index in [0.29, 0.717) is 17.3 Å². The summed E-state index contributed by atoms with van der Waals surface area (Å²) in [6.45, 7) is 2.50. The Kier molecular flexibility index (Phi) is 3.68. The summed E-state index contributed by atoms with van der Waals surface area (Å²) in [7, 11) is 0. The Labute approximate surface area is 131 Å². The van der Waals surface area contributed by atoms with Crippen LogP contribution in [0, 0.1) is 17.0 Å². The smallest absolute Gasteiger partial charge is 0.271 e. The fourth-order valence-corrected chi connectivity index (χ4v) is 2.47. The largest absolute Gasteiger partial charge is 0.378 e. The molecule has 0 spiro atoms. The minimum Gasteiger partial charge on any atom is -0.378 e. The molecule has 0 saturated heterocycles. The second-order valence-corrected chi connectivity index (χ2v) is 5.31. The molecule has 1 aromatic carbocycles. The van der Waals surface area contributed by atoms with Crippen LogP contribution in [0.1, 0.15) is 11.4 Å². The number of halogens is 1. The van der Waals surface area contributed by atoms with Crippen molar-refractivity contribution >= 4 is 28.6 Å². The van der Waals surface area contributed by atoms with Crippen molar-refractivity contribution in [2.45, 2.75) is 13.5 Å². The van der Waals surface area contributed by atoms with Crippen molar-refractivity contribution in [2.75, 3.05) is 5.32 Å². The maximum Gasteiger partial charge on any atom is 0.271 e. The highest BCUT2D eigenvalue weighted by atomic mass is 35.5. The van der Waals surface area contributed by atoms with Crippen LogP contribution in [0.25, 0.3) is 5.65 Å². The highest BCUT2D eigenvalue weighted by Gasteiger charge is 2.10. The summed E-state index contributed by atoms with van der Waals surface area (Å²) in [6.07, 6.45) is 1.96. The molecule has 0 aliphatic carbocycles. The van der Waals surface area contributed by atoms with Crippen LogP contribution < -0.4 is 5.32 Å². The minimum absolute atomic E-state index is 0.0288. The normalized spacial score (nSPS) is 10.8. The fraction of sp³-hybridized carbons (Fsp3) is 0.133. The third kappa shape index (κ3) is 2.73. The van der Waals surface area contributed by atoms with E-state index in [4.69, 9.17) is 11.6 Å². The molecule has 6 nitrogen and oxygen atoms in total. The number of non-ortho nitro benzene ring substituents is 1. The lowest BCUT2D eigenvalue weighted by Gasteiger charge is -2.06. The number of nitrogens with zero attached hydrogens (tertiary/aromatic N) is 3. The maximum atomic E-state index is 10.7. The number of benzene rings is 1. The molecule has 0 saturated carbocycles. The Morgan fingerprint density at radius 2 is 2.18 bits per heavy atom. The predicted molar refractivity (Wildman–Crippen MR) is 85.4 cm³/mol. The molecule has 2 aromatic heterocycles. The second-order valence-electron chi connectivity index (χ2n) is 4.90. The molecule has 0 aliphatic rings. The molecule has 2 heterocycles. The van der Waals surface area contributed by atoms with Crippen LogP contribution in [0.2, 0.25) is 5.02 Å². The molecule has 1 N–H and O–H groups in total. The van der Waals surface area contributed by atoms with Gasteiger partial charge in [-0.1, -0.05) is 17.7 Å². The number of nitrogens with one attached hydrogen (secondary N) is 1. The number of nitro groups is 1. The van der Waals surface area contributed by atoms with Gasteiger partial charge >= 0.3 is 0 Å². The molecule has 0 fully saturated rings. The minimum atomic E-state index is -0.472. The van der Waals surface area contributed by atoms with Crippen molar-refractivity contribution in [3.05, 3.63) is 69.1 Å². The highest BCUT2D eigenvalue weighted by Crippen LogP contribution is 2.27. The van der Waals surface area contributed by atoms with Crippen molar-refractivity contribution in [3.8, 4) is 0 Å². The topological polar surface area (TPSA) is 72.5 Å². The van der Waals surface area contributed by atoms with Crippen LogP contribution in [0.5, 0.6) is 0 Å². The molecule has 0 aliphatic heterocycles. The first-order valence-corrected chi connectivity index (χ1v) is 7.04. The Bertz CT molecular complexity index is 860. The molecule has 3 rings (SSSR count). The summed E-state index contributed by atoms with van der Waals surface area (Å²) >= 11 is 6.05. The molecule has 0 bridgehead atoms. The first-order valence-electron chi connectivity index (χ1n) is 6.66.